The molecule has 4 heteroatoms. The van der Waals surface area contributed by atoms with Crippen LogP contribution in [0.4, 0.5) is 0 Å². The summed E-state index contributed by atoms with van der Waals surface area (Å²) in [5, 5.41) is 4.75. The maximum Gasteiger partial charge on any atom is 0.287 e. The summed E-state index contributed by atoms with van der Waals surface area (Å²) in [6.07, 6.45) is 0. The zero-order valence-electron chi connectivity index (χ0n) is 10.4. The van der Waals surface area contributed by atoms with Gasteiger partial charge >= 0.3 is 0 Å². The van der Waals surface area contributed by atoms with E-state index in [1.165, 1.54) is 0 Å². The van der Waals surface area contributed by atoms with E-state index in [2.05, 4.69) is 28.2 Å². The van der Waals surface area contributed by atoms with Crippen molar-refractivity contribution in [3.05, 3.63) is 36.1 Å². The number of amides is 1. The van der Waals surface area contributed by atoms with Gasteiger partial charge in [0, 0.05) is 16.8 Å². The molecule has 0 aliphatic heterocycles. The van der Waals surface area contributed by atoms with Crippen molar-refractivity contribution in [2.45, 2.75) is 19.9 Å². The number of para-hydroxylation sites is 1. The molecule has 0 radical (unpaired) electrons. The summed E-state index contributed by atoms with van der Waals surface area (Å²) in [6.45, 7) is 4.07. The second-order valence-corrected chi connectivity index (χ2v) is 5.19. The second-order valence-electron chi connectivity index (χ2n) is 4.54. The molecule has 0 aliphatic rings. The van der Waals surface area contributed by atoms with E-state index < -0.39 is 0 Å². The van der Waals surface area contributed by atoms with Crippen LogP contribution >= 0.6 is 15.9 Å². The lowest BCUT2D eigenvalue weighted by Crippen LogP contribution is -2.37. The molecule has 2 rings (SSSR count). The van der Waals surface area contributed by atoms with Crippen molar-refractivity contribution >= 4 is 32.8 Å². The zero-order valence-corrected chi connectivity index (χ0v) is 12.0. The molecule has 96 valence electrons. The Morgan fingerprint density at radius 2 is 2.11 bits per heavy atom. The molecule has 0 fully saturated rings. The summed E-state index contributed by atoms with van der Waals surface area (Å²) in [4.78, 5) is 12.0. The number of benzene rings is 1. The predicted octanol–water partition coefficient (Wildman–Crippen LogP) is 3.58. The molecule has 18 heavy (non-hydrogen) atoms. The number of nitrogens with one attached hydrogen (secondary N) is 1. The highest BCUT2D eigenvalue weighted by molar-refractivity contribution is 9.09. The average Bonchev–Trinajstić information content (AvgIpc) is 2.81. The summed E-state index contributed by atoms with van der Waals surface area (Å²) >= 11 is 3.41. The highest BCUT2D eigenvalue weighted by Gasteiger charge is 2.17. The Hall–Kier alpha value is -1.29. The summed E-state index contributed by atoms with van der Waals surface area (Å²) in [5.74, 6) is 0.578. The monoisotopic (exact) mass is 309 g/mol. The van der Waals surface area contributed by atoms with Crippen molar-refractivity contribution < 1.29 is 9.21 Å². The summed E-state index contributed by atoms with van der Waals surface area (Å²) < 4.78 is 5.52. The molecule has 2 unspecified atom stereocenters. The molecule has 3 nitrogen and oxygen atoms in total. The first-order valence-corrected chi connectivity index (χ1v) is 7.09. The van der Waals surface area contributed by atoms with Crippen molar-refractivity contribution in [3.8, 4) is 0 Å². The zero-order chi connectivity index (χ0) is 13.1. The Morgan fingerprint density at radius 3 is 2.78 bits per heavy atom. The van der Waals surface area contributed by atoms with Crippen LogP contribution in [0.15, 0.2) is 34.7 Å². The lowest BCUT2D eigenvalue weighted by molar-refractivity contribution is 0.0905. The van der Waals surface area contributed by atoms with Gasteiger partial charge in [-0.25, -0.2) is 0 Å². The molecule has 1 heterocycles. The van der Waals surface area contributed by atoms with Gasteiger partial charge in [0.2, 0.25) is 0 Å². The van der Waals surface area contributed by atoms with Crippen molar-refractivity contribution in [1.82, 2.24) is 5.32 Å². The van der Waals surface area contributed by atoms with E-state index in [1.807, 2.05) is 31.2 Å². The molecule has 1 aromatic heterocycles. The van der Waals surface area contributed by atoms with Gasteiger partial charge in [0.25, 0.3) is 5.91 Å². The van der Waals surface area contributed by atoms with Crippen LogP contribution in [0.5, 0.6) is 0 Å². The number of halogens is 1. The molecular formula is C14H16BrNO2. The van der Waals surface area contributed by atoms with Gasteiger partial charge in [-0.3, -0.25) is 4.79 Å². The number of rotatable bonds is 4. The van der Waals surface area contributed by atoms with Crippen molar-refractivity contribution in [2.24, 2.45) is 5.92 Å². The van der Waals surface area contributed by atoms with Crippen LogP contribution in [-0.4, -0.2) is 17.3 Å². The highest BCUT2D eigenvalue weighted by atomic mass is 79.9. The molecule has 2 atom stereocenters. The Balaban J connectivity index is 2.13. The molecule has 0 aliphatic carbocycles. The molecule has 0 saturated carbocycles. The number of alkyl halides is 1. The van der Waals surface area contributed by atoms with E-state index in [0.29, 0.717) is 11.7 Å². The van der Waals surface area contributed by atoms with E-state index in [-0.39, 0.29) is 11.9 Å². The van der Waals surface area contributed by atoms with Gasteiger partial charge in [0.05, 0.1) is 0 Å². The van der Waals surface area contributed by atoms with Gasteiger partial charge < -0.3 is 9.73 Å². The number of hydrogen-bond donors (Lipinski definition) is 1. The molecular weight excluding hydrogens is 294 g/mol. The quantitative estimate of drug-likeness (QED) is 0.877. The van der Waals surface area contributed by atoms with Gasteiger partial charge in [0.15, 0.2) is 5.76 Å². The third-order valence-electron chi connectivity index (χ3n) is 3.11. The van der Waals surface area contributed by atoms with Crippen molar-refractivity contribution in [3.63, 3.8) is 0 Å². The van der Waals surface area contributed by atoms with E-state index in [9.17, 15) is 4.79 Å². The van der Waals surface area contributed by atoms with Crippen molar-refractivity contribution in [1.29, 1.82) is 0 Å². The Labute approximate surface area is 115 Å². The van der Waals surface area contributed by atoms with E-state index in [0.717, 1.165) is 16.3 Å². The number of furan rings is 1. The van der Waals surface area contributed by atoms with Gasteiger partial charge in [-0.1, -0.05) is 41.1 Å². The van der Waals surface area contributed by atoms with Crippen LogP contribution < -0.4 is 5.32 Å². The fourth-order valence-electron chi connectivity index (χ4n) is 1.65. The van der Waals surface area contributed by atoms with Crippen molar-refractivity contribution in [2.75, 3.05) is 5.33 Å². The van der Waals surface area contributed by atoms with Crippen LogP contribution in [0.3, 0.4) is 0 Å². The summed E-state index contributed by atoms with van der Waals surface area (Å²) in [7, 11) is 0. The first kappa shape index (κ1) is 13.1. The van der Waals surface area contributed by atoms with Crippen LogP contribution in [-0.2, 0) is 0 Å². The molecule has 0 saturated heterocycles. The number of carbonyl (C=O) groups excluding carboxylic acids is 1. The lowest BCUT2D eigenvalue weighted by atomic mass is 10.1. The average molecular weight is 310 g/mol. The minimum absolute atomic E-state index is 0.102. The first-order valence-electron chi connectivity index (χ1n) is 5.97. The van der Waals surface area contributed by atoms with Crippen LogP contribution in [0.2, 0.25) is 0 Å². The van der Waals surface area contributed by atoms with E-state index >= 15 is 0 Å². The molecule has 1 N–H and O–H groups in total. The van der Waals surface area contributed by atoms with Gasteiger partial charge in [-0.2, -0.15) is 0 Å². The van der Waals surface area contributed by atoms with Crippen LogP contribution in [0.1, 0.15) is 24.4 Å². The minimum Gasteiger partial charge on any atom is -0.451 e. The normalized spacial score (nSPS) is 14.4. The summed E-state index contributed by atoms with van der Waals surface area (Å²) in [5.41, 5.74) is 0.740. The maximum atomic E-state index is 12.0. The minimum atomic E-state index is -0.161. The third-order valence-corrected chi connectivity index (χ3v) is 4.13. The smallest absolute Gasteiger partial charge is 0.287 e. The fourth-order valence-corrected chi connectivity index (χ4v) is 2.21. The van der Waals surface area contributed by atoms with Gasteiger partial charge in [-0.15, -0.1) is 0 Å². The SMILES string of the molecule is CC(CBr)C(C)NC(=O)c1cc2ccccc2o1. The highest BCUT2D eigenvalue weighted by Crippen LogP contribution is 2.19. The van der Waals surface area contributed by atoms with Crippen LogP contribution in [0.25, 0.3) is 11.0 Å². The van der Waals surface area contributed by atoms with Gasteiger partial charge in [0.1, 0.15) is 5.58 Å². The standard InChI is InChI=1S/C14H16BrNO2/c1-9(8-15)10(2)16-14(17)13-7-11-5-3-4-6-12(11)18-13/h3-7,9-10H,8H2,1-2H3,(H,16,17). The third kappa shape index (κ3) is 2.75. The van der Waals surface area contributed by atoms with Crippen LogP contribution in [0, 0.1) is 5.92 Å². The topological polar surface area (TPSA) is 42.2 Å². The van der Waals surface area contributed by atoms with E-state index in [4.69, 9.17) is 4.42 Å². The van der Waals surface area contributed by atoms with Gasteiger partial charge in [-0.05, 0) is 25.0 Å². The molecule has 0 spiro atoms. The Bertz CT molecular complexity index is 516. The maximum absolute atomic E-state index is 12.0. The van der Waals surface area contributed by atoms with E-state index in [1.54, 1.807) is 6.07 Å². The number of fused-ring (bicyclic) bond motifs is 1. The first-order chi connectivity index (χ1) is 8.61. The number of carbonyl (C=O) groups is 1. The molecule has 1 amide bonds. The largest absolute Gasteiger partial charge is 0.451 e. The number of hydrogen-bond acceptors (Lipinski definition) is 2. The Morgan fingerprint density at radius 1 is 1.39 bits per heavy atom. The lowest BCUT2D eigenvalue weighted by Gasteiger charge is -2.18. The Kier molecular flexibility index (Phi) is 4.07. The second kappa shape index (κ2) is 5.57. The fraction of sp³-hybridized carbons (Fsp3) is 0.357. The molecule has 0 bridgehead atoms. The summed E-state index contributed by atoms with van der Waals surface area (Å²) in [6, 6.07) is 9.48. The molecule has 2 aromatic rings. The predicted molar refractivity (Wildman–Crippen MR) is 76.1 cm³/mol. The molecule has 1 aromatic carbocycles.